The largest absolute Gasteiger partial charge is 0.497 e. The average molecular weight is 508 g/mol. The number of aromatic nitrogens is 5. The third-order valence-corrected chi connectivity index (χ3v) is 6.61. The molecule has 37 heavy (non-hydrogen) atoms. The van der Waals surface area contributed by atoms with Crippen LogP contribution in [0, 0.1) is 0 Å². The third-order valence-electron chi connectivity index (χ3n) is 5.95. The van der Waals surface area contributed by atoms with E-state index in [0.717, 1.165) is 16.7 Å². The first-order chi connectivity index (χ1) is 18.1. The quantitative estimate of drug-likeness (QED) is 0.283. The number of H-pyrrole nitrogens is 1. The Labute approximate surface area is 215 Å². The first-order valence-electron chi connectivity index (χ1n) is 11.4. The molecule has 3 aromatic heterocycles. The lowest BCUT2D eigenvalue weighted by molar-refractivity contribution is 0.415. The molecule has 0 aliphatic rings. The van der Waals surface area contributed by atoms with Crippen LogP contribution in [-0.2, 0) is 0 Å². The van der Waals surface area contributed by atoms with E-state index >= 15 is 0 Å². The molecular formula is C27H21N7O2S. The van der Waals surface area contributed by atoms with Crippen LogP contribution in [0.4, 0.5) is 16.1 Å². The van der Waals surface area contributed by atoms with Gasteiger partial charge in [-0.3, -0.25) is 4.79 Å². The normalized spacial score (nSPS) is 11.1. The molecule has 0 spiro atoms. The Kier molecular flexibility index (Phi) is 5.62. The molecule has 10 heteroatoms. The van der Waals surface area contributed by atoms with Crippen molar-refractivity contribution in [1.29, 1.82) is 0 Å². The lowest BCUT2D eigenvalue weighted by Gasteiger charge is -2.12. The maximum Gasteiger partial charge on any atom is 0.284 e. The molecule has 0 radical (unpaired) electrons. The van der Waals surface area contributed by atoms with Gasteiger partial charge in [0.2, 0.25) is 10.3 Å². The van der Waals surface area contributed by atoms with Crippen LogP contribution in [0.1, 0.15) is 0 Å². The van der Waals surface area contributed by atoms with Crippen LogP contribution in [0.5, 0.6) is 5.75 Å². The van der Waals surface area contributed by atoms with Gasteiger partial charge in [0.25, 0.3) is 5.56 Å². The van der Waals surface area contributed by atoms with Crippen molar-refractivity contribution in [3.05, 3.63) is 95.3 Å². The molecule has 0 fully saturated rings. The number of benzene rings is 3. The van der Waals surface area contributed by atoms with Crippen LogP contribution in [-0.4, -0.2) is 31.9 Å². The summed E-state index contributed by atoms with van der Waals surface area (Å²) in [7, 11) is 1.60. The molecule has 0 amide bonds. The van der Waals surface area contributed by atoms with E-state index in [2.05, 4.69) is 20.5 Å². The van der Waals surface area contributed by atoms with Crippen LogP contribution >= 0.6 is 11.3 Å². The number of anilines is 3. The molecule has 182 valence electrons. The Morgan fingerprint density at radius 2 is 1.51 bits per heavy atom. The average Bonchev–Trinajstić information content (AvgIpc) is 3.53. The van der Waals surface area contributed by atoms with Gasteiger partial charge in [0.15, 0.2) is 0 Å². The number of hydrogen-bond acceptors (Lipinski definition) is 8. The Bertz CT molecular complexity index is 1760. The first-order valence-corrected chi connectivity index (χ1v) is 12.2. The maximum absolute atomic E-state index is 14.1. The van der Waals surface area contributed by atoms with Crippen molar-refractivity contribution in [3.8, 4) is 39.3 Å². The van der Waals surface area contributed by atoms with Crippen LogP contribution in [0.2, 0.25) is 0 Å². The number of hydrogen-bond donors (Lipinski definition) is 3. The number of nitrogen functional groups attached to an aromatic ring is 1. The highest BCUT2D eigenvalue weighted by Crippen LogP contribution is 2.36. The van der Waals surface area contributed by atoms with Gasteiger partial charge in [0, 0.05) is 5.56 Å². The molecule has 0 bridgehead atoms. The lowest BCUT2D eigenvalue weighted by Crippen LogP contribution is -2.19. The summed E-state index contributed by atoms with van der Waals surface area (Å²) >= 11 is 1.19. The number of nitrogens with two attached hydrogens (primary N) is 1. The molecule has 3 heterocycles. The van der Waals surface area contributed by atoms with E-state index in [-0.39, 0.29) is 5.56 Å². The van der Waals surface area contributed by atoms with E-state index in [1.54, 1.807) is 19.2 Å². The van der Waals surface area contributed by atoms with Gasteiger partial charge in [-0.25, -0.2) is 0 Å². The summed E-state index contributed by atoms with van der Waals surface area (Å²) in [5, 5.41) is 16.8. The lowest BCUT2D eigenvalue weighted by atomic mass is 10.0. The highest BCUT2D eigenvalue weighted by Gasteiger charge is 2.23. The SMILES string of the molecule is COc1ccc(-c2c(Nc3nnc(N)s3)[nH]c3c(-c4ccccc4)c(-c4ccccc4)nn3c2=O)cc1. The van der Waals surface area contributed by atoms with Gasteiger partial charge in [0.05, 0.1) is 18.2 Å². The van der Waals surface area contributed by atoms with Crippen molar-refractivity contribution in [3.63, 3.8) is 0 Å². The summed E-state index contributed by atoms with van der Waals surface area (Å²) < 4.78 is 6.72. The zero-order valence-electron chi connectivity index (χ0n) is 19.7. The van der Waals surface area contributed by atoms with E-state index in [4.69, 9.17) is 15.6 Å². The van der Waals surface area contributed by atoms with Crippen molar-refractivity contribution in [2.45, 2.75) is 0 Å². The van der Waals surface area contributed by atoms with Crippen LogP contribution in [0.25, 0.3) is 39.2 Å². The highest BCUT2D eigenvalue weighted by atomic mass is 32.1. The number of nitrogens with zero attached hydrogens (tertiary/aromatic N) is 4. The number of methoxy groups -OCH3 is 1. The van der Waals surface area contributed by atoms with Gasteiger partial charge in [-0.15, -0.1) is 10.2 Å². The summed E-state index contributed by atoms with van der Waals surface area (Å²) in [4.78, 5) is 17.5. The first kappa shape index (κ1) is 22.5. The molecule has 9 nitrogen and oxygen atoms in total. The minimum Gasteiger partial charge on any atom is -0.497 e. The molecule has 0 saturated carbocycles. The number of aromatic amines is 1. The van der Waals surface area contributed by atoms with Gasteiger partial charge in [0.1, 0.15) is 22.9 Å². The molecule has 0 aliphatic heterocycles. The van der Waals surface area contributed by atoms with Crippen molar-refractivity contribution < 1.29 is 4.74 Å². The highest BCUT2D eigenvalue weighted by molar-refractivity contribution is 7.18. The Hall–Kier alpha value is -4.96. The molecule has 0 aliphatic carbocycles. The summed E-state index contributed by atoms with van der Waals surface area (Å²) in [6.07, 6.45) is 0. The minimum absolute atomic E-state index is 0.293. The second kappa shape index (κ2) is 9.25. The predicted octanol–water partition coefficient (Wildman–Crippen LogP) is 5.21. The fourth-order valence-corrected chi connectivity index (χ4v) is 4.78. The van der Waals surface area contributed by atoms with Crippen molar-refractivity contribution >= 4 is 33.1 Å². The second-order valence-corrected chi connectivity index (χ2v) is 9.20. The topological polar surface area (TPSA) is 123 Å². The molecule has 3 aromatic carbocycles. The fourth-order valence-electron chi connectivity index (χ4n) is 4.26. The summed E-state index contributed by atoms with van der Waals surface area (Å²) in [6.45, 7) is 0. The zero-order chi connectivity index (χ0) is 25.4. The Morgan fingerprint density at radius 1 is 0.865 bits per heavy atom. The number of rotatable bonds is 6. The Morgan fingerprint density at radius 3 is 2.14 bits per heavy atom. The van der Waals surface area contributed by atoms with Gasteiger partial charge < -0.3 is 20.8 Å². The summed E-state index contributed by atoms with van der Waals surface area (Å²) in [5.74, 6) is 1.14. The van der Waals surface area contributed by atoms with Gasteiger partial charge in [-0.05, 0) is 23.3 Å². The maximum atomic E-state index is 14.1. The van der Waals surface area contributed by atoms with E-state index < -0.39 is 0 Å². The van der Waals surface area contributed by atoms with E-state index in [1.165, 1.54) is 15.9 Å². The minimum atomic E-state index is -0.293. The van der Waals surface area contributed by atoms with Crippen molar-refractivity contribution in [1.82, 2.24) is 24.8 Å². The Balaban J connectivity index is 1.67. The second-order valence-electron chi connectivity index (χ2n) is 8.20. The van der Waals surface area contributed by atoms with E-state index in [0.29, 0.717) is 44.3 Å². The molecule has 6 aromatic rings. The number of fused-ring (bicyclic) bond motifs is 1. The molecule has 6 rings (SSSR count). The standard InChI is InChI=1S/C27H21N7O2S/c1-36-19-14-12-17(13-15-19)21-23(30-27-32-31-26(28)37-27)29-24-20(16-8-4-2-5-9-16)22(33-34(24)25(21)35)18-10-6-3-7-11-18/h2-15,29H,1H3,(H2,28,31)(H,30,32). The molecule has 0 saturated heterocycles. The van der Waals surface area contributed by atoms with Gasteiger partial charge >= 0.3 is 0 Å². The molecule has 0 atom stereocenters. The van der Waals surface area contributed by atoms with E-state index in [1.807, 2.05) is 72.8 Å². The fraction of sp³-hybridized carbons (Fsp3) is 0.0370. The van der Waals surface area contributed by atoms with Crippen LogP contribution in [0.15, 0.2) is 89.7 Å². The van der Waals surface area contributed by atoms with Crippen LogP contribution < -0.4 is 21.3 Å². The molecule has 4 N–H and O–H groups in total. The number of ether oxygens (including phenoxy) is 1. The predicted molar refractivity (Wildman–Crippen MR) is 146 cm³/mol. The molecule has 0 unspecified atom stereocenters. The van der Waals surface area contributed by atoms with Gasteiger partial charge in [-0.2, -0.15) is 9.61 Å². The van der Waals surface area contributed by atoms with Crippen molar-refractivity contribution in [2.75, 3.05) is 18.2 Å². The van der Waals surface area contributed by atoms with Gasteiger partial charge in [-0.1, -0.05) is 84.1 Å². The smallest absolute Gasteiger partial charge is 0.284 e. The number of nitrogens with one attached hydrogen (secondary N) is 2. The third kappa shape index (κ3) is 4.09. The van der Waals surface area contributed by atoms with E-state index in [9.17, 15) is 4.79 Å². The summed E-state index contributed by atoms with van der Waals surface area (Å²) in [6, 6.07) is 26.9. The zero-order valence-corrected chi connectivity index (χ0v) is 20.5. The summed E-state index contributed by atoms with van der Waals surface area (Å²) in [5.41, 5.74) is 10.5. The monoisotopic (exact) mass is 507 g/mol. The van der Waals surface area contributed by atoms with Crippen LogP contribution in [0.3, 0.4) is 0 Å². The molecular weight excluding hydrogens is 486 g/mol. The van der Waals surface area contributed by atoms with Crippen molar-refractivity contribution in [2.24, 2.45) is 0 Å².